The molecule has 4 aromatic carbocycles. The van der Waals surface area contributed by atoms with E-state index in [0.717, 1.165) is 48.5 Å². The van der Waals surface area contributed by atoms with Gasteiger partial charge in [-0.1, -0.05) is 68.4 Å². The first-order valence-electron chi connectivity index (χ1n) is 18.6. The predicted molar refractivity (Wildman–Crippen MR) is 209 cm³/mol. The van der Waals surface area contributed by atoms with E-state index in [2.05, 4.69) is 18.7 Å². The molecule has 0 aliphatic rings. The van der Waals surface area contributed by atoms with Crippen molar-refractivity contribution in [3.8, 4) is 11.1 Å². The Balaban J connectivity index is 0.000000680. The summed E-state index contributed by atoms with van der Waals surface area (Å²) < 4.78 is 68.4. The lowest BCUT2D eigenvalue weighted by atomic mass is 10.0. The molecule has 11 nitrogen and oxygen atoms in total. The summed E-state index contributed by atoms with van der Waals surface area (Å²) in [5.74, 6) is -5.58. The van der Waals surface area contributed by atoms with Gasteiger partial charge in [0.15, 0.2) is 29.3 Å². The third kappa shape index (κ3) is 12.5. The summed E-state index contributed by atoms with van der Waals surface area (Å²) in [4.78, 5) is 50.8. The number of benzene rings is 4. The van der Waals surface area contributed by atoms with Crippen LogP contribution in [0, 0.1) is 11.6 Å². The molecule has 0 unspecified atom stereocenters. The predicted octanol–water partition coefficient (Wildman–Crippen LogP) is 6.00. The number of likely N-dealkylation sites (N-methyl/N-ethyl adjacent to an activating group) is 1. The van der Waals surface area contributed by atoms with Gasteiger partial charge in [0.1, 0.15) is 6.54 Å². The number of fused-ring (bicyclic) bond motifs is 1. The zero-order chi connectivity index (χ0) is 43.4. The fraction of sp³-hybridized carbons (Fsp3) is 0.302. The zero-order valence-electron chi connectivity index (χ0n) is 32.2. The highest BCUT2D eigenvalue weighted by Gasteiger charge is 2.30. The van der Waals surface area contributed by atoms with Gasteiger partial charge in [0.05, 0.1) is 11.1 Å². The van der Waals surface area contributed by atoms with Crippen molar-refractivity contribution in [3.63, 3.8) is 0 Å². The van der Waals surface area contributed by atoms with Crippen molar-refractivity contribution in [2.45, 2.75) is 58.2 Å². The fourth-order valence-electron chi connectivity index (χ4n) is 6.21. The van der Waals surface area contributed by atoms with E-state index >= 15 is 0 Å². The molecule has 5 rings (SSSR count). The van der Waals surface area contributed by atoms with Gasteiger partial charge in [-0.05, 0) is 84.6 Å². The van der Waals surface area contributed by atoms with Crippen LogP contribution < -0.4 is 5.43 Å². The highest BCUT2D eigenvalue weighted by molar-refractivity contribution is 5.83. The number of hydrogen-bond donors (Lipinski definition) is 4. The maximum Gasteiger partial charge on any atom is 0.416 e. The number of carboxylic acid groups (broad SMARTS) is 2. The van der Waals surface area contributed by atoms with E-state index in [1.165, 1.54) is 24.3 Å². The number of amides is 1. The average Bonchev–Trinajstić information content (AvgIpc) is 3.21. The number of aryl methyl sites for hydroxylation is 2. The van der Waals surface area contributed by atoms with Crippen molar-refractivity contribution < 1.29 is 56.8 Å². The molecule has 0 aliphatic heterocycles. The highest BCUT2D eigenvalue weighted by Crippen LogP contribution is 2.31. The number of aromatic nitrogens is 1. The van der Waals surface area contributed by atoms with Crippen LogP contribution in [0.5, 0.6) is 0 Å². The monoisotopic (exact) mass is 825 g/mol. The van der Waals surface area contributed by atoms with Gasteiger partial charge in [0.2, 0.25) is 5.91 Å². The molecule has 1 amide bonds. The number of para-hydroxylation sites is 1. The van der Waals surface area contributed by atoms with Gasteiger partial charge in [0.25, 0.3) is 0 Å². The van der Waals surface area contributed by atoms with Gasteiger partial charge in [0, 0.05) is 36.8 Å². The normalized spacial score (nSPS) is 12.4. The highest BCUT2D eigenvalue weighted by atomic mass is 19.4. The average molecular weight is 826 g/mol. The Hall–Kier alpha value is -5.97. The first kappa shape index (κ1) is 45.7. The Kier molecular flexibility index (Phi) is 16.0. The molecule has 0 aliphatic carbocycles. The second-order valence-corrected chi connectivity index (χ2v) is 13.5. The maximum atomic E-state index is 14.2. The number of alkyl halides is 3. The minimum atomic E-state index is -4.41. The van der Waals surface area contributed by atoms with Crippen molar-refractivity contribution in [1.82, 2.24) is 14.4 Å². The summed E-state index contributed by atoms with van der Waals surface area (Å²) in [7, 11) is 0. The summed E-state index contributed by atoms with van der Waals surface area (Å²) in [6, 6.07) is 24.7. The molecule has 4 N–H and O–H groups in total. The van der Waals surface area contributed by atoms with Crippen LogP contribution in [0.15, 0.2) is 102 Å². The number of carboxylic acids is 2. The summed E-state index contributed by atoms with van der Waals surface area (Å²) in [6.45, 7) is 7.10. The second-order valence-electron chi connectivity index (χ2n) is 13.5. The van der Waals surface area contributed by atoms with Gasteiger partial charge < -0.3 is 34.8 Å². The Morgan fingerprint density at radius 2 is 1.27 bits per heavy atom. The molecular weight excluding hydrogens is 781 g/mol. The van der Waals surface area contributed by atoms with E-state index in [1.807, 2.05) is 28.8 Å². The fourth-order valence-corrected chi connectivity index (χ4v) is 6.21. The van der Waals surface area contributed by atoms with Crippen molar-refractivity contribution >= 4 is 28.7 Å². The minimum Gasteiger partial charge on any atom is -0.479 e. The van der Waals surface area contributed by atoms with Crippen molar-refractivity contribution in [2.75, 3.05) is 26.2 Å². The lowest BCUT2D eigenvalue weighted by Crippen LogP contribution is -2.40. The number of aliphatic carboxylic acids is 2. The minimum absolute atomic E-state index is 0.0458. The molecule has 1 heterocycles. The molecule has 0 spiro atoms. The third-order valence-electron chi connectivity index (χ3n) is 9.66. The van der Waals surface area contributed by atoms with Gasteiger partial charge >= 0.3 is 18.1 Å². The Morgan fingerprint density at radius 1 is 0.712 bits per heavy atom. The number of aliphatic hydroxyl groups is 2. The largest absolute Gasteiger partial charge is 0.479 e. The number of pyridine rings is 1. The molecule has 1 aromatic heterocycles. The smallest absolute Gasteiger partial charge is 0.416 e. The number of carbonyl (C=O) groups excluding carboxylic acids is 1. The van der Waals surface area contributed by atoms with Crippen LogP contribution in [0.4, 0.5) is 22.0 Å². The molecule has 16 heteroatoms. The molecule has 0 bridgehead atoms. The van der Waals surface area contributed by atoms with E-state index < -0.39 is 47.5 Å². The zero-order valence-corrected chi connectivity index (χ0v) is 32.2. The molecule has 5 aromatic rings. The standard InChI is InChI=1S/C39H38F5N3O2.C4H6O6/c1-3-45(4-2)21-22-46(25-28-9-13-29(14-10-28)30-15-17-31(18-16-30)39(42,43)44)38(49)26-47-32(19-11-27-12-20-34(40)35(41)23-27)24-37(48)33-7-5-6-8-36(33)47;5-1(3(7)8)2(6)4(9)10/h5-10,12-18,20,23-24H,3-4,11,19,21-22,25-26H2,1-2H3;1-2,5-6H,(H,7,8)(H,9,10)/t;1-,2-/m.1/s1. The van der Waals surface area contributed by atoms with Gasteiger partial charge in [-0.15, -0.1) is 0 Å². The molecule has 0 saturated heterocycles. The van der Waals surface area contributed by atoms with Crippen LogP contribution in [0.2, 0.25) is 0 Å². The van der Waals surface area contributed by atoms with Crippen LogP contribution >= 0.6 is 0 Å². The molecule has 0 fully saturated rings. The van der Waals surface area contributed by atoms with E-state index in [1.54, 1.807) is 29.2 Å². The second kappa shape index (κ2) is 20.6. The van der Waals surface area contributed by atoms with Gasteiger partial charge in [-0.2, -0.15) is 13.2 Å². The van der Waals surface area contributed by atoms with E-state index in [9.17, 15) is 41.1 Å². The van der Waals surface area contributed by atoms with Crippen LogP contribution in [-0.4, -0.2) is 91.0 Å². The molecule has 59 heavy (non-hydrogen) atoms. The number of hydrogen-bond acceptors (Lipinski definition) is 7. The van der Waals surface area contributed by atoms with Gasteiger partial charge in [-0.25, -0.2) is 18.4 Å². The maximum absolute atomic E-state index is 14.2. The Morgan fingerprint density at radius 3 is 1.81 bits per heavy atom. The van der Waals surface area contributed by atoms with Gasteiger partial charge in [-0.3, -0.25) is 9.59 Å². The molecule has 314 valence electrons. The summed E-state index contributed by atoms with van der Waals surface area (Å²) >= 11 is 0. The van der Waals surface area contributed by atoms with Crippen LogP contribution in [0.3, 0.4) is 0 Å². The lowest BCUT2D eigenvalue weighted by molar-refractivity contribution is -0.165. The van der Waals surface area contributed by atoms with Crippen molar-refractivity contribution in [2.24, 2.45) is 0 Å². The summed E-state index contributed by atoms with van der Waals surface area (Å²) in [5, 5.41) is 33.0. The van der Waals surface area contributed by atoms with Crippen LogP contribution in [-0.2, 0) is 46.5 Å². The third-order valence-corrected chi connectivity index (χ3v) is 9.66. The number of carbonyl (C=O) groups is 3. The summed E-state index contributed by atoms with van der Waals surface area (Å²) in [6.07, 6.45) is -8.29. The first-order valence-corrected chi connectivity index (χ1v) is 18.6. The van der Waals surface area contributed by atoms with E-state index in [4.69, 9.17) is 20.4 Å². The van der Waals surface area contributed by atoms with Crippen molar-refractivity contribution in [1.29, 1.82) is 0 Å². The Labute approximate surface area is 336 Å². The van der Waals surface area contributed by atoms with Crippen molar-refractivity contribution in [3.05, 3.63) is 141 Å². The van der Waals surface area contributed by atoms with E-state index in [-0.39, 0.29) is 17.9 Å². The molecular formula is C43H44F5N3O8. The molecule has 0 radical (unpaired) electrons. The molecule has 2 atom stereocenters. The number of aliphatic hydroxyl groups excluding tert-OH is 2. The first-order chi connectivity index (χ1) is 27.9. The lowest BCUT2D eigenvalue weighted by Gasteiger charge is -2.28. The molecule has 0 saturated carbocycles. The Bertz CT molecular complexity index is 2260. The quantitative estimate of drug-likeness (QED) is 0.0876. The topological polar surface area (TPSA) is 161 Å². The van der Waals surface area contributed by atoms with E-state index in [0.29, 0.717) is 60.2 Å². The number of halogens is 5. The number of nitrogens with zero attached hydrogens (tertiary/aromatic N) is 3. The van der Waals surface area contributed by atoms with Crippen LogP contribution in [0.1, 0.15) is 36.2 Å². The summed E-state index contributed by atoms with van der Waals surface area (Å²) in [5.41, 5.74) is 3.13. The van der Waals surface area contributed by atoms with Crippen LogP contribution in [0.25, 0.3) is 22.0 Å². The number of rotatable bonds is 16. The SMILES string of the molecule is CCN(CC)CCN(Cc1ccc(-c2ccc(C(F)(F)F)cc2)cc1)C(=O)Cn1c(CCc2ccc(F)c(F)c2)cc(=O)c2ccccc21.O=C(O)[C@H](O)[C@@H](O)C(=O)O.